The van der Waals surface area contributed by atoms with Crippen LogP contribution in [0.3, 0.4) is 0 Å². The summed E-state index contributed by atoms with van der Waals surface area (Å²) in [4.78, 5) is 41.4. The maximum atomic E-state index is 13.6. The molecule has 2 aromatic rings. The van der Waals surface area contributed by atoms with Gasteiger partial charge in [0.25, 0.3) is 0 Å². The number of hydrogen-bond acceptors (Lipinski definition) is 5. The zero-order chi connectivity index (χ0) is 21.9. The van der Waals surface area contributed by atoms with Gasteiger partial charge in [0.15, 0.2) is 0 Å². The Morgan fingerprint density at radius 3 is 2.58 bits per heavy atom. The molecule has 0 saturated carbocycles. The Balaban J connectivity index is 1.55. The van der Waals surface area contributed by atoms with Gasteiger partial charge in [-0.05, 0) is 37.1 Å². The molecular formula is C23H22ClN3O4. The predicted molar refractivity (Wildman–Crippen MR) is 114 cm³/mol. The second kappa shape index (κ2) is 7.15. The summed E-state index contributed by atoms with van der Waals surface area (Å²) < 4.78 is 0. The van der Waals surface area contributed by atoms with E-state index in [0.29, 0.717) is 22.7 Å². The van der Waals surface area contributed by atoms with Crippen LogP contribution in [0.15, 0.2) is 48.5 Å². The summed E-state index contributed by atoms with van der Waals surface area (Å²) in [7, 11) is 0. The van der Waals surface area contributed by atoms with E-state index in [1.165, 1.54) is 4.90 Å². The summed E-state index contributed by atoms with van der Waals surface area (Å²) in [6.07, 6.45) is -0.416. The van der Waals surface area contributed by atoms with Crippen LogP contribution in [-0.4, -0.2) is 46.4 Å². The van der Waals surface area contributed by atoms with E-state index in [1.54, 1.807) is 25.1 Å². The quantitative estimate of drug-likeness (QED) is 0.630. The summed E-state index contributed by atoms with van der Waals surface area (Å²) >= 11 is 6.21. The second-order valence-corrected chi connectivity index (χ2v) is 8.87. The van der Waals surface area contributed by atoms with Crippen molar-refractivity contribution in [3.63, 3.8) is 0 Å². The van der Waals surface area contributed by atoms with Crippen molar-refractivity contribution in [2.75, 3.05) is 11.9 Å². The number of hydrogen-bond donors (Lipinski definition) is 3. The largest absolute Gasteiger partial charge is 0.392 e. The fourth-order valence-electron chi connectivity index (χ4n) is 5.28. The fourth-order valence-corrected chi connectivity index (χ4v) is 5.46. The Labute approximate surface area is 184 Å². The summed E-state index contributed by atoms with van der Waals surface area (Å²) in [6, 6.07) is 13.9. The molecule has 3 aliphatic heterocycles. The number of aliphatic hydroxyl groups is 1. The van der Waals surface area contributed by atoms with E-state index in [0.717, 1.165) is 5.56 Å². The van der Waals surface area contributed by atoms with Gasteiger partial charge < -0.3 is 10.4 Å². The monoisotopic (exact) mass is 439 g/mol. The maximum Gasteiger partial charge on any atom is 0.250 e. The highest BCUT2D eigenvalue weighted by molar-refractivity contribution is 6.31. The average molecular weight is 440 g/mol. The molecule has 0 aliphatic carbocycles. The predicted octanol–water partition coefficient (Wildman–Crippen LogP) is 1.68. The molecule has 0 aromatic heterocycles. The van der Waals surface area contributed by atoms with Crippen LogP contribution in [-0.2, 0) is 26.3 Å². The first-order chi connectivity index (χ1) is 14.8. The molecule has 0 bridgehead atoms. The topological polar surface area (TPSA) is 98.7 Å². The molecule has 2 saturated heterocycles. The number of amides is 3. The van der Waals surface area contributed by atoms with Crippen LogP contribution >= 0.6 is 11.6 Å². The van der Waals surface area contributed by atoms with Gasteiger partial charge in [0.1, 0.15) is 5.54 Å². The van der Waals surface area contributed by atoms with Crippen LogP contribution in [0, 0.1) is 11.8 Å². The SMILES string of the molecule is C[C@H](O)[C@H]1N[C@@]2(C(=O)Nc3ccc(Cl)cc32)[C@@H]2C(=O)N(CCc3ccccc3)C(=O)[C@H]12. The molecule has 3 N–H and O–H groups in total. The molecule has 8 heteroatoms. The van der Waals surface area contributed by atoms with Gasteiger partial charge in [-0.1, -0.05) is 41.9 Å². The van der Waals surface area contributed by atoms with Gasteiger partial charge >= 0.3 is 0 Å². The van der Waals surface area contributed by atoms with Crippen LogP contribution in [0.25, 0.3) is 0 Å². The molecule has 7 nitrogen and oxygen atoms in total. The number of rotatable bonds is 4. The third-order valence-corrected chi connectivity index (χ3v) is 6.92. The third-order valence-electron chi connectivity index (χ3n) is 6.69. The van der Waals surface area contributed by atoms with E-state index < -0.39 is 41.3 Å². The van der Waals surface area contributed by atoms with Gasteiger partial charge in [-0.3, -0.25) is 24.6 Å². The van der Waals surface area contributed by atoms with E-state index in [9.17, 15) is 19.5 Å². The van der Waals surface area contributed by atoms with Crippen LogP contribution in [0.5, 0.6) is 0 Å². The van der Waals surface area contributed by atoms with Crippen molar-refractivity contribution >= 4 is 35.0 Å². The average Bonchev–Trinajstić information content (AvgIpc) is 3.33. The number of benzene rings is 2. The second-order valence-electron chi connectivity index (χ2n) is 8.43. The summed E-state index contributed by atoms with van der Waals surface area (Å²) in [5, 5.41) is 16.8. The minimum absolute atomic E-state index is 0.224. The lowest BCUT2D eigenvalue weighted by molar-refractivity contribution is -0.143. The summed E-state index contributed by atoms with van der Waals surface area (Å²) in [5.41, 5.74) is 0.653. The minimum atomic E-state index is -1.44. The summed E-state index contributed by atoms with van der Waals surface area (Å²) in [6.45, 7) is 1.78. The van der Waals surface area contributed by atoms with E-state index in [4.69, 9.17) is 11.6 Å². The molecule has 5 atom stereocenters. The van der Waals surface area contributed by atoms with Crippen molar-refractivity contribution in [3.8, 4) is 0 Å². The lowest BCUT2D eigenvalue weighted by Gasteiger charge is -2.30. The molecule has 5 rings (SSSR count). The molecule has 160 valence electrons. The van der Waals surface area contributed by atoms with Crippen molar-refractivity contribution in [2.45, 2.75) is 31.0 Å². The normalized spacial score (nSPS) is 30.0. The molecule has 2 fully saturated rings. The zero-order valence-corrected chi connectivity index (χ0v) is 17.6. The first-order valence-electron chi connectivity index (χ1n) is 10.3. The fraction of sp³-hybridized carbons (Fsp3) is 0.348. The highest BCUT2D eigenvalue weighted by Crippen LogP contribution is 2.53. The minimum Gasteiger partial charge on any atom is -0.392 e. The first-order valence-corrected chi connectivity index (χ1v) is 10.7. The number of fused-ring (bicyclic) bond motifs is 4. The Kier molecular flexibility index (Phi) is 4.66. The lowest BCUT2D eigenvalue weighted by Crippen LogP contribution is -2.55. The zero-order valence-electron chi connectivity index (χ0n) is 16.8. The van der Waals surface area contributed by atoms with E-state index in [-0.39, 0.29) is 12.5 Å². The highest BCUT2D eigenvalue weighted by Gasteiger charge is 2.71. The number of nitrogens with one attached hydrogen (secondary N) is 2. The molecule has 0 radical (unpaired) electrons. The number of nitrogens with zero attached hydrogens (tertiary/aromatic N) is 1. The number of likely N-dealkylation sites (tertiary alicyclic amines) is 1. The molecule has 31 heavy (non-hydrogen) atoms. The molecule has 2 aromatic carbocycles. The molecule has 1 spiro atoms. The number of carbonyl (C=O) groups is 3. The Bertz CT molecular complexity index is 1090. The van der Waals surface area contributed by atoms with Crippen molar-refractivity contribution in [2.24, 2.45) is 11.8 Å². The maximum absolute atomic E-state index is 13.6. The number of imide groups is 1. The molecular weight excluding hydrogens is 418 g/mol. The van der Waals surface area contributed by atoms with Crippen LogP contribution in [0.2, 0.25) is 5.02 Å². The Morgan fingerprint density at radius 2 is 1.87 bits per heavy atom. The molecule has 3 aliphatic rings. The van der Waals surface area contributed by atoms with E-state index in [1.807, 2.05) is 30.3 Å². The highest BCUT2D eigenvalue weighted by atomic mass is 35.5. The van der Waals surface area contributed by atoms with Crippen molar-refractivity contribution in [3.05, 3.63) is 64.7 Å². The Hall–Kier alpha value is -2.74. The van der Waals surface area contributed by atoms with Crippen LogP contribution in [0.1, 0.15) is 18.1 Å². The van der Waals surface area contributed by atoms with Crippen LogP contribution in [0.4, 0.5) is 5.69 Å². The van der Waals surface area contributed by atoms with Crippen molar-refractivity contribution in [1.29, 1.82) is 0 Å². The van der Waals surface area contributed by atoms with Crippen molar-refractivity contribution < 1.29 is 19.5 Å². The molecule has 3 amide bonds. The third kappa shape index (κ3) is 2.84. The van der Waals surface area contributed by atoms with Gasteiger partial charge in [0, 0.05) is 28.9 Å². The first kappa shape index (κ1) is 20.2. The van der Waals surface area contributed by atoms with Gasteiger partial charge in [0.2, 0.25) is 17.7 Å². The van der Waals surface area contributed by atoms with Gasteiger partial charge in [0.05, 0.1) is 17.9 Å². The van der Waals surface area contributed by atoms with Gasteiger partial charge in [-0.15, -0.1) is 0 Å². The van der Waals surface area contributed by atoms with Crippen molar-refractivity contribution in [1.82, 2.24) is 10.2 Å². The number of aliphatic hydroxyl groups excluding tert-OH is 1. The number of carbonyl (C=O) groups excluding carboxylic acids is 3. The standard InChI is InChI=1S/C23H22ClN3O4/c1-12(28)19-17-18(21(30)27(20(17)29)10-9-13-5-3-2-4-6-13)23(26-19)15-11-14(24)7-8-16(15)25-22(23)31/h2-8,11-12,17-19,26,28H,9-10H2,1H3,(H,25,31)/t12-,17-,18-,19+,23+/m0/s1. The summed E-state index contributed by atoms with van der Waals surface area (Å²) in [5.74, 6) is -2.95. The smallest absolute Gasteiger partial charge is 0.250 e. The number of halogens is 1. The lowest BCUT2D eigenvalue weighted by atomic mass is 9.76. The van der Waals surface area contributed by atoms with Gasteiger partial charge in [-0.2, -0.15) is 0 Å². The molecule has 0 unspecified atom stereocenters. The van der Waals surface area contributed by atoms with E-state index >= 15 is 0 Å². The van der Waals surface area contributed by atoms with E-state index in [2.05, 4.69) is 10.6 Å². The Morgan fingerprint density at radius 1 is 1.13 bits per heavy atom. The van der Waals surface area contributed by atoms with Crippen LogP contribution < -0.4 is 10.6 Å². The van der Waals surface area contributed by atoms with Gasteiger partial charge in [-0.25, -0.2) is 0 Å². The molecule has 3 heterocycles. The number of anilines is 1.